The van der Waals surface area contributed by atoms with Crippen LogP contribution in [-0.2, 0) is 0 Å². The van der Waals surface area contributed by atoms with E-state index < -0.39 is 0 Å². The highest BCUT2D eigenvalue weighted by Gasteiger charge is 2.22. The first kappa shape index (κ1) is 7.66. The fraction of sp³-hybridized carbons (Fsp3) is 0.125. The molecule has 0 saturated heterocycles. The Labute approximate surface area is 79.4 Å². The average Bonchev–Trinajstić information content (AvgIpc) is 2.52. The topological polar surface area (TPSA) is 27.0 Å². The van der Waals surface area contributed by atoms with Gasteiger partial charge in [-0.3, -0.25) is 4.42 Å². The zero-order valence-electron chi connectivity index (χ0n) is 6.07. The normalized spacial score (nSPS) is 20.3. The molecule has 4 heteroatoms. The molecule has 60 valence electrons. The van der Waals surface area contributed by atoms with Gasteiger partial charge in [-0.15, -0.1) is 11.3 Å². The second-order valence-electron chi connectivity index (χ2n) is 2.43. The number of hydrogen-bond acceptors (Lipinski definition) is 3. The fourth-order valence-corrected chi connectivity index (χ4v) is 2.20. The maximum absolute atomic E-state index is 8.82. The third kappa shape index (κ3) is 1.01. The van der Waals surface area contributed by atoms with Gasteiger partial charge in [0, 0.05) is 28.4 Å². The van der Waals surface area contributed by atoms with Crippen LogP contribution in [0.25, 0.3) is 6.08 Å². The Hall–Kier alpha value is -0.980. The van der Waals surface area contributed by atoms with Crippen molar-refractivity contribution in [3.05, 3.63) is 28.1 Å². The van der Waals surface area contributed by atoms with E-state index in [1.165, 1.54) is 4.42 Å². The molecule has 0 spiro atoms. The molecule has 0 saturated carbocycles. The van der Waals surface area contributed by atoms with Crippen molar-refractivity contribution >= 4 is 29.2 Å². The molecule has 0 amide bonds. The summed E-state index contributed by atoms with van der Waals surface area (Å²) in [5, 5.41) is 10.8. The Kier molecular flexibility index (Phi) is 1.80. The van der Waals surface area contributed by atoms with Gasteiger partial charge in [-0.2, -0.15) is 5.26 Å². The highest BCUT2D eigenvalue weighted by Crippen LogP contribution is 2.33. The van der Waals surface area contributed by atoms with Gasteiger partial charge in [-0.1, -0.05) is 0 Å². The van der Waals surface area contributed by atoms with Crippen molar-refractivity contribution in [2.75, 3.05) is 0 Å². The summed E-state index contributed by atoms with van der Waals surface area (Å²) in [5.41, 5.74) is 1.00. The fourth-order valence-electron chi connectivity index (χ4n) is 1.17. The summed E-state index contributed by atoms with van der Waals surface area (Å²) < 4.78 is 1.40. The van der Waals surface area contributed by atoms with E-state index in [-0.39, 0.29) is 6.04 Å². The molecule has 1 atom stereocenters. The van der Waals surface area contributed by atoms with Crippen molar-refractivity contribution in [1.82, 2.24) is 4.42 Å². The Morgan fingerprint density at radius 1 is 1.67 bits per heavy atom. The van der Waals surface area contributed by atoms with Gasteiger partial charge < -0.3 is 0 Å². The van der Waals surface area contributed by atoms with E-state index in [1.807, 2.05) is 17.5 Å². The average molecular weight is 197 g/mol. The van der Waals surface area contributed by atoms with Gasteiger partial charge in [-0.05, 0) is 17.5 Å². The van der Waals surface area contributed by atoms with Gasteiger partial charge in [0.05, 0.1) is 6.07 Å². The number of thiophene rings is 1. The van der Waals surface area contributed by atoms with Crippen molar-refractivity contribution < 1.29 is 0 Å². The number of nitrogens with zero attached hydrogens (tertiary/aromatic N) is 2. The molecule has 0 bridgehead atoms. The predicted molar refractivity (Wildman–Crippen MR) is 49.4 cm³/mol. The number of rotatable bonds is 0. The third-order valence-electron chi connectivity index (χ3n) is 1.76. The van der Waals surface area contributed by atoms with Crippen LogP contribution in [0.4, 0.5) is 0 Å². The summed E-state index contributed by atoms with van der Waals surface area (Å²) in [7, 11) is 0. The summed E-state index contributed by atoms with van der Waals surface area (Å²) in [6.07, 6.45) is 3.63. The molecule has 1 aliphatic rings. The lowest BCUT2D eigenvalue weighted by Gasteiger charge is -2.20. The van der Waals surface area contributed by atoms with Crippen molar-refractivity contribution in [3.8, 4) is 6.07 Å². The van der Waals surface area contributed by atoms with Crippen molar-refractivity contribution in [2.24, 2.45) is 0 Å². The highest BCUT2D eigenvalue weighted by molar-refractivity contribution is 7.11. The number of nitriles is 1. The Morgan fingerprint density at radius 2 is 2.50 bits per heavy atom. The largest absolute Gasteiger partial charge is 0.271 e. The molecular formula is C8H5ClN2S. The van der Waals surface area contributed by atoms with E-state index >= 15 is 0 Å². The lowest BCUT2D eigenvalue weighted by atomic mass is 10.1. The summed E-state index contributed by atoms with van der Waals surface area (Å²) in [6.45, 7) is 0. The van der Waals surface area contributed by atoms with Gasteiger partial charge in [0.1, 0.15) is 0 Å². The van der Waals surface area contributed by atoms with Crippen LogP contribution in [-0.4, -0.2) is 4.42 Å². The first-order valence-electron chi connectivity index (χ1n) is 3.42. The zero-order chi connectivity index (χ0) is 8.55. The van der Waals surface area contributed by atoms with Crippen LogP contribution in [0.2, 0.25) is 0 Å². The molecule has 1 aliphatic heterocycles. The van der Waals surface area contributed by atoms with E-state index in [1.54, 1.807) is 17.5 Å². The molecule has 1 aromatic heterocycles. The second-order valence-corrected chi connectivity index (χ2v) is 3.77. The molecule has 0 aromatic carbocycles. The highest BCUT2D eigenvalue weighted by atomic mass is 35.5. The summed E-state index contributed by atoms with van der Waals surface area (Å²) in [5.74, 6) is 0. The van der Waals surface area contributed by atoms with E-state index in [4.69, 9.17) is 17.0 Å². The molecular weight excluding hydrogens is 192 g/mol. The van der Waals surface area contributed by atoms with Crippen molar-refractivity contribution in [2.45, 2.75) is 6.04 Å². The molecule has 1 aromatic rings. The first-order valence-corrected chi connectivity index (χ1v) is 4.64. The van der Waals surface area contributed by atoms with Crippen LogP contribution in [0.15, 0.2) is 17.6 Å². The first-order chi connectivity index (χ1) is 5.83. The van der Waals surface area contributed by atoms with Crippen LogP contribution in [0.5, 0.6) is 0 Å². The van der Waals surface area contributed by atoms with E-state index in [9.17, 15) is 0 Å². The lowest BCUT2D eigenvalue weighted by Crippen LogP contribution is -2.14. The number of halogens is 1. The molecule has 0 aliphatic carbocycles. The summed E-state index contributed by atoms with van der Waals surface area (Å²) >= 11 is 7.42. The van der Waals surface area contributed by atoms with Crippen LogP contribution >= 0.6 is 23.1 Å². The minimum atomic E-state index is -0.335. The van der Waals surface area contributed by atoms with E-state index in [2.05, 4.69) is 6.07 Å². The SMILES string of the molecule is N#CC1c2ccsc2C=CN1Cl. The predicted octanol–water partition coefficient (Wildman–Crippen LogP) is 2.75. The summed E-state index contributed by atoms with van der Waals surface area (Å²) in [4.78, 5) is 1.12. The van der Waals surface area contributed by atoms with E-state index in [0.29, 0.717) is 0 Å². The van der Waals surface area contributed by atoms with Crippen molar-refractivity contribution in [1.29, 1.82) is 5.26 Å². The Balaban J connectivity index is 2.51. The van der Waals surface area contributed by atoms with Crippen LogP contribution in [0.3, 0.4) is 0 Å². The standard InChI is InChI=1S/C8H5ClN2S/c9-11-3-1-8-6(2-4-12-8)7(11)5-10/h1-4,7H. The molecule has 1 unspecified atom stereocenters. The molecule has 0 fully saturated rings. The third-order valence-corrected chi connectivity index (χ3v) is 2.96. The van der Waals surface area contributed by atoms with Crippen LogP contribution < -0.4 is 0 Å². The molecule has 12 heavy (non-hydrogen) atoms. The Bertz CT molecular complexity index is 363. The minimum Gasteiger partial charge on any atom is -0.271 e. The minimum absolute atomic E-state index is 0.335. The maximum atomic E-state index is 8.82. The molecule has 2 nitrogen and oxygen atoms in total. The number of fused-ring (bicyclic) bond motifs is 1. The number of hydrogen-bond donors (Lipinski definition) is 0. The maximum Gasteiger partial charge on any atom is 0.158 e. The summed E-state index contributed by atoms with van der Waals surface area (Å²) in [6, 6.07) is 3.75. The molecule has 0 radical (unpaired) electrons. The quantitative estimate of drug-likeness (QED) is 0.597. The van der Waals surface area contributed by atoms with Gasteiger partial charge >= 0.3 is 0 Å². The second kappa shape index (κ2) is 2.81. The van der Waals surface area contributed by atoms with Gasteiger partial charge in [-0.25, -0.2) is 0 Å². The van der Waals surface area contributed by atoms with Crippen LogP contribution in [0.1, 0.15) is 16.5 Å². The van der Waals surface area contributed by atoms with Gasteiger partial charge in [0.2, 0.25) is 0 Å². The van der Waals surface area contributed by atoms with Crippen molar-refractivity contribution in [3.63, 3.8) is 0 Å². The smallest absolute Gasteiger partial charge is 0.158 e. The zero-order valence-corrected chi connectivity index (χ0v) is 7.64. The molecule has 2 heterocycles. The van der Waals surface area contributed by atoms with Crippen LogP contribution in [0, 0.1) is 11.3 Å². The lowest BCUT2D eigenvalue weighted by molar-refractivity contribution is 0.531. The van der Waals surface area contributed by atoms with E-state index in [0.717, 1.165) is 10.4 Å². The van der Waals surface area contributed by atoms with Gasteiger partial charge in [0.15, 0.2) is 6.04 Å². The Morgan fingerprint density at radius 3 is 3.25 bits per heavy atom. The molecule has 2 rings (SSSR count). The van der Waals surface area contributed by atoms with Gasteiger partial charge in [0.25, 0.3) is 0 Å². The molecule has 0 N–H and O–H groups in total. The monoisotopic (exact) mass is 196 g/mol.